The first-order valence-corrected chi connectivity index (χ1v) is 10.9. The Labute approximate surface area is 184 Å². The average molecular weight is 431 g/mol. The van der Waals surface area contributed by atoms with Crippen molar-refractivity contribution in [2.45, 2.75) is 70.5 Å². The standard InChI is InChI=1S/C25H34O6/c1-18-10-12-19(13-11-18)31-17-25(2,29)15-14-21-20(22(26)16-23(21)27)8-6-4-5-7-9-24(28)30-3/h10-13,20-21,23,27,29H,4-9,16-17H2,1-3H3/t20-,21-,23+,25?/m1/s1. The Hall–Kier alpha value is -2.36. The molecule has 1 aliphatic carbocycles. The van der Waals surface area contributed by atoms with Gasteiger partial charge in [0.2, 0.25) is 0 Å². The summed E-state index contributed by atoms with van der Waals surface area (Å²) in [7, 11) is 1.38. The van der Waals surface area contributed by atoms with E-state index in [0.717, 1.165) is 31.2 Å². The maximum absolute atomic E-state index is 12.3. The normalized spacial score (nSPS) is 22.4. The number of carbonyl (C=O) groups excluding carboxylic acids is 2. The third-order valence-corrected chi connectivity index (χ3v) is 5.59. The summed E-state index contributed by atoms with van der Waals surface area (Å²) in [5.41, 5.74) is -0.275. The molecule has 2 N–H and O–H groups in total. The Bertz CT molecular complexity index is 786. The molecule has 0 amide bonds. The van der Waals surface area contributed by atoms with E-state index in [1.165, 1.54) is 7.11 Å². The monoisotopic (exact) mass is 430 g/mol. The van der Waals surface area contributed by atoms with Gasteiger partial charge in [-0.1, -0.05) is 48.8 Å². The van der Waals surface area contributed by atoms with E-state index in [9.17, 15) is 19.8 Å². The van der Waals surface area contributed by atoms with Gasteiger partial charge in [0, 0.05) is 18.8 Å². The highest BCUT2D eigenvalue weighted by Crippen LogP contribution is 2.33. The molecule has 1 aromatic carbocycles. The van der Waals surface area contributed by atoms with Gasteiger partial charge in [-0.25, -0.2) is 0 Å². The van der Waals surface area contributed by atoms with E-state index in [0.29, 0.717) is 18.6 Å². The number of rotatable bonds is 10. The van der Waals surface area contributed by atoms with E-state index in [1.807, 2.05) is 31.2 Å². The molecular formula is C25H34O6. The van der Waals surface area contributed by atoms with Crippen LogP contribution in [0.2, 0.25) is 0 Å². The molecule has 0 aliphatic heterocycles. The number of ketones is 1. The molecule has 1 aliphatic rings. The molecule has 6 heteroatoms. The van der Waals surface area contributed by atoms with Gasteiger partial charge in [-0.2, -0.15) is 0 Å². The molecule has 0 spiro atoms. The van der Waals surface area contributed by atoms with E-state index >= 15 is 0 Å². The fourth-order valence-corrected chi connectivity index (χ4v) is 3.71. The zero-order valence-electron chi connectivity index (χ0n) is 18.7. The van der Waals surface area contributed by atoms with Crippen LogP contribution in [0.4, 0.5) is 0 Å². The number of aryl methyl sites for hydroxylation is 1. The lowest BCUT2D eigenvalue weighted by molar-refractivity contribution is -0.140. The maximum Gasteiger partial charge on any atom is 0.305 e. The van der Waals surface area contributed by atoms with E-state index in [-0.39, 0.29) is 30.7 Å². The van der Waals surface area contributed by atoms with Crippen LogP contribution in [0.3, 0.4) is 0 Å². The Kier molecular flexibility index (Phi) is 9.54. The van der Waals surface area contributed by atoms with Crippen LogP contribution < -0.4 is 4.74 Å². The molecule has 6 nitrogen and oxygen atoms in total. The van der Waals surface area contributed by atoms with Crippen LogP contribution in [0.25, 0.3) is 0 Å². The van der Waals surface area contributed by atoms with Gasteiger partial charge in [-0.05, 0) is 38.8 Å². The predicted octanol–water partition coefficient (Wildman–Crippen LogP) is 3.21. The van der Waals surface area contributed by atoms with Crippen molar-refractivity contribution in [2.75, 3.05) is 13.7 Å². The van der Waals surface area contributed by atoms with Crippen molar-refractivity contribution in [1.29, 1.82) is 0 Å². The summed E-state index contributed by atoms with van der Waals surface area (Å²) in [6.07, 6.45) is 3.74. The summed E-state index contributed by atoms with van der Waals surface area (Å²) in [6.45, 7) is 3.54. The van der Waals surface area contributed by atoms with Gasteiger partial charge in [0.1, 0.15) is 18.1 Å². The van der Waals surface area contributed by atoms with Crippen LogP contribution in [0.1, 0.15) is 57.4 Å². The Morgan fingerprint density at radius 2 is 1.87 bits per heavy atom. The van der Waals surface area contributed by atoms with Crippen LogP contribution in [-0.4, -0.2) is 47.4 Å². The maximum atomic E-state index is 12.3. The number of carbonyl (C=O) groups is 2. The third kappa shape index (κ3) is 8.35. The van der Waals surface area contributed by atoms with Crippen LogP contribution in [-0.2, 0) is 14.3 Å². The minimum atomic E-state index is -1.39. The Morgan fingerprint density at radius 3 is 2.55 bits per heavy atom. The van der Waals surface area contributed by atoms with E-state index in [1.54, 1.807) is 6.92 Å². The lowest BCUT2D eigenvalue weighted by Gasteiger charge is -2.19. The highest BCUT2D eigenvalue weighted by atomic mass is 16.5. The fraction of sp³-hybridized carbons (Fsp3) is 0.600. The summed E-state index contributed by atoms with van der Waals surface area (Å²) in [5.74, 6) is 5.44. The number of aliphatic hydroxyl groups excluding tert-OH is 1. The largest absolute Gasteiger partial charge is 0.490 e. The summed E-state index contributed by atoms with van der Waals surface area (Å²) in [4.78, 5) is 23.5. The van der Waals surface area contributed by atoms with Crippen molar-refractivity contribution in [1.82, 2.24) is 0 Å². The molecule has 0 bridgehead atoms. The number of hydrogen-bond donors (Lipinski definition) is 2. The molecule has 170 valence electrons. The average Bonchev–Trinajstić information content (AvgIpc) is 3.00. The topological polar surface area (TPSA) is 93.1 Å². The number of esters is 1. The van der Waals surface area contributed by atoms with Gasteiger partial charge < -0.3 is 19.7 Å². The van der Waals surface area contributed by atoms with Crippen LogP contribution >= 0.6 is 0 Å². The first-order valence-electron chi connectivity index (χ1n) is 10.9. The first-order chi connectivity index (χ1) is 14.7. The van der Waals surface area contributed by atoms with Gasteiger partial charge >= 0.3 is 5.97 Å². The molecule has 4 atom stereocenters. The molecule has 31 heavy (non-hydrogen) atoms. The highest BCUT2D eigenvalue weighted by molar-refractivity contribution is 5.85. The van der Waals surface area contributed by atoms with Crippen LogP contribution in [0, 0.1) is 30.6 Å². The summed E-state index contributed by atoms with van der Waals surface area (Å²) < 4.78 is 10.3. The second-order valence-corrected chi connectivity index (χ2v) is 8.54. The molecular weight excluding hydrogens is 396 g/mol. The molecule has 1 fully saturated rings. The summed E-state index contributed by atoms with van der Waals surface area (Å²) >= 11 is 0. The van der Waals surface area contributed by atoms with Crippen molar-refractivity contribution < 1.29 is 29.3 Å². The summed E-state index contributed by atoms with van der Waals surface area (Å²) in [5, 5.41) is 20.9. The lowest BCUT2D eigenvalue weighted by atomic mass is 9.89. The smallest absolute Gasteiger partial charge is 0.305 e. The van der Waals surface area contributed by atoms with Crippen molar-refractivity contribution in [3.05, 3.63) is 29.8 Å². The van der Waals surface area contributed by atoms with Crippen LogP contribution in [0.15, 0.2) is 24.3 Å². The quantitative estimate of drug-likeness (QED) is 0.336. The molecule has 0 radical (unpaired) electrons. The highest BCUT2D eigenvalue weighted by Gasteiger charge is 2.40. The second kappa shape index (κ2) is 11.9. The second-order valence-electron chi connectivity index (χ2n) is 8.54. The summed E-state index contributed by atoms with van der Waals surface area (Å²) in [6, 6.07) is 7.52. The van der Waals surface area contributed by atoms with Gasteiger partial charge in [-0.15, -0.1) is 0 Å². The molecule has 1 saturated carbocycles. The zero-order valence-corrected chi connectivity index (χ0v) is 18.7. The third-order valence-electron chi connectivity index (χ3n) is 5.59. The van der Waals surface area contributed by atoms with Crippen molar-refractivity contribution in [3.8, 4) is 17.6 Å². The first kappa shape index (κ1) is 24.9. The molecule has 0 saturated heterocycles. The molecule has 0 aromatic heterocycles. The predicted molar refractivity (Wildman–Crippen MR) is 117 cm³/mol. The number of hydrogen-bond acceptors (Lipinski definition) is 6. The number of Topliss-reactive ketones (excluding diaryl/α,β-unsaturated/α-hetero) is 1. The number of unbranched alkanes of at least 4 members (excludes halogenated alkanes) is 3. The van der Waals surface area contributed by atoms with Gasteiger partial charge in [0.05, 0.1) is 19.1 Å². The number of benzene rings is 1. The van der Waals surface area contributed by atoms with Gasteiger partial charge in [0.25, 0.3) is 0 Å². The van der Waals surface area contributed by atoms with Crippen molar-refractivity contribution >= 4 is 11.8 Å². The minimum absolute atomic E-state index is 0.00924. The van der Waals surface area contributed by atoms with Crippen LogP contribution in [0.5, 0.6) is 5.75 Å². The minimum Gasteiger partial charge on any atom is -0.490 e. The van der Waals surface area contributed by atoms with Gasteiger partial charge in [0.15, 0.2) is 5.60 Å². The van der Waals surface area contributed by atoms with E-state index in [4.69, 9.17) is 4.74 Å². The number of methoxy groups -OCH3 is 1. The zero-order chi connectivity index (χ0) is 22.9. The van der Waals surface area contributed by atoms with Crippen molar-refractivity contribution in [2.24, 2.45) is 11.8 Å². The Morgan fingerprint density at radius 1 is 1.19 bits per heavy atom. The van der Waals surface area contributed by atoms with E-state index < -0.39 is 17.6 Å². The molecule has 1 unspecified atom stereocenters. The van der Waals surface area contributed by atoms with Gasteiger partial charge in [-0.3, -0.25) is 9.59 Å². The van der Waals surface area contributed by atoms with E-state index in [2.05, 4.69) is 16.6 Å². The molecule has 0 heterocycles. The molecule has 2 rings (SSSR count). The number of aliphatic hydroxyl groups is 2. The lowest BCUT2D eigenvalue weighted by Crippen LogP contribution is -2.31. The fourth-order valence-electron chi connectivity index (χ4n) is 3.71. The Balaban J connectivity index is 1.86. The van der Waals surface area contributed by atoms with Crippen molar-refractivity contribution in [3.63, 3.8) is 0 Å². The molecule has 1 aromatic rings. The number of ether oxygens (including phenoxy) is 2. The SMILES string of the molecule is COC(=O)CCCCCC[C@H]1C(=O)C[C@H](O)[C@@H]1C#CC(C)(O)COc1ccc(C)cc1.